The molecule has 1 heterocycles. The third kappa shape index (κ3) is 4.17. The van der Waals surface area contributed by atoms with Crippen LogP contribution in [0.3, 0.4) is 0 Å². The van der Waals surface area contributed by atoms with Gasteiger partial charge < -0.3 is 10.1 Å². The normalized spacial score (nSPS) is 11.4. The molecular formula is C17H23N3O3S. The molecule has 0 atom stereocenters. The van der Waals surface area contributed by atoms with Crippen LogP contribution in [0.4, 0.5) is 11.5 Å². The van der Waals surface area contributed by atoms with Gasteiger partial charge in [0.25, 0.3) is 10.0 Å². The summed E-state index contributed by atoms with van der Waals surface area (Å²) in [7, 11) is -2.31. The molecule has 0 fully saturated rings. The van der Waals surface area contributed by atoms with E-state index in [4.69, 9.17) is 4.74 Å². The Morgan fingerprint density at radius 3 is 2.33 bits per heavy atom. The molecule has 0 spiro atoms. The van der Waals surface area contributed by atoms with Gasteiger partial charge in [-0.25, -0.2) is 13.4 Å². The fraction of sp³-hybridized carbons (Fsp3) is 0.353. The van der Waals surface area contributed by atoms with Crippen molar-refractivity contribution in [3.05, 3.63) is 41.6 Å². The van der Waals surface area contributed by atoms with E-state index in [0.717, 1.165) is 11.1 Å². The van der Waals surface area contributed by atoms with Crippen molar-refractivity contribution in [2.45, 2.75) is 38.6 Å². The lowest BCUT2D eigenvalue weighted by Gasteiger charge is -2.14. The van der Waals surface area contributed by atoms with Gasteiger partial charge in [0.2, 0.25) is 0 Å². The fourth-order valence-corrected chi connectivity index (χ4v) is 3.46. The summed E-state index contributed by atoms with van der Waals surface area (Å²) in [6.45, 7) is 7.78. The Morgan fingerprint density at radius 2 is 1.79 bits per heavy atom. The van der Waals surface area contributed by atoms with Crippen molar-refractivity contribution >= 4 is 21.5 Å². The minimum absolute atomic E-state index is 0.109. The van der Waals surface area contributed by atoms with E-state index in [1.807, 2.05) is 27.7 Å². The van der Waals surface area contributed by atoms with Crippen molar-refractivity contribution in [3.8, 4) is 5.75 Å². The van der Waals surface area contributed by atoms with Crippen LogP contribution in [-0.2, 0) is 10.0 Å². The molecular weight excluding hydrogens is 326 g/mol. The molecule has 2 rings (SSSR count). The first-order valence-corrected chi connectivity index (χ1v) is 9.12. The van der Waals surface area contributed by atoms with Crippen molar-refractivity contribution in [2.24, 2.45) is 0 Å². The Labute approximate surface area is 143 Å². The largest absolute Gasteiger partial charge is 0.495 e. The second kappa shape index (κ2) is 7.09. The highest BCUT2D eigenvalue weighted by atomic mass is 32.2. The molecule has 0 aliphatic carbocycles. The highest BCUT2D eigenvalue weighted by Gasteiger charge is 2.21. The molecule has 0 bridgehead atoms. The molecule has 0 aliphatic rings. The highest BCUT2D eigenvalue weighted by molar-refractivity contribution is 7.92. The van der Waals surface area contributed by atoms with Gasteiger partial charge in [-0.05, 0) is 63.1 Å². The summed E-state index contributed by atoms with van der Waals surface area (Å²) in [5, 5.41) is 3.15. The second-order valence-electron chi connectivity index (χ2n) is 5.92. The van der Waals surface area contributed by atoms with Crippen LogP contribution < -0.4 is 14.8 Å². The number of methoxy groups -OCH3 is 1. The Balaban J connectivity index is 2.30. The minimum atomic E-state index is -3.77. The van der Waals surface area contributed by atoms with E-state index < -0.39 is 10.0 Å². The Morgan fingerprint density at radius 1 is 1.12 bits per heavy atom. The average molecular weight is 349 g/mol. The highest BCUT2D eigenvalue weighted by Crippen LogP contribution is 2.29. The van der Waals surface area contributed by atoms with Gasteiger partial charge in [-0.2, -0.15) is 0 Å². The maximum atomic E-state index is 12.7. The van der Waals surface area contributed by atoms with E-state index in [9.17, 15) is 8.42 Å². The predicted octanol–water partition coefficient (Wildman–Crippen LogP) is 3.33. The summed E-state index contributed by atoms with van der Waals surface area (Å²) in [5.41, 5.74) is 2.24. The molecule has 0 amide bonds. The van der Waals surface area contributed by atoms with E-state index in [0.29, 0.717) is 17.3 Å². The first-order valence-electron chi connectivity index (χ1n) is 7.63. The van der Waals surface area contributed by atoms with E-state index in [-0.39, 0.29) is 10.9 Å². The number of hydrogen-bond acceptors (Lipinski definition) is 5. The summed E-state index contributed by atoms with van der Waals surface area (Å²) in [6, 6.07) is 6.98. The molecule has 1 aromatic carbocycles. The predicted molar refractivity (Wildman–Crippen MR) is 96.3 cm³/mol. The SMILES string of the molecule is COc1cc(C)c(C)cc1S(=O)(=O)Nc1ccc(NC(C)C)nc1. The lowest BCUT2D eigenvalue weighted by Crippen LogP contribution is -2.15. The van der Waals surface area contributed by atoms with Gasteiger partial charge in [0.15, 0.2) is 0 Å². The number of benzene rings is 1. The Hall–Kier alpha value is -2.28. The lowest BCUT2D eigenvalue weighted by molar-refractivity contribution is 0.402. The summed E-state index contributed by atoms with van der Waals surface area (Å²) < 4.78 is 33.1. The quantitative estimate of drug-likeness (QED) is 0.836. The molecule has 2 aromatic rings. The minimum Gasteiger partial charge on any atom is -0.495 e. The van der Waals surface area contributed by atoms with E-state index in [2.05, 4.69) is 15.0 Å². The zero-order chi connectivity index (χ0) is 17.9. The molecule has 6 nitrogen and oxygen atoms in total. The summed E-state index contributed by atoms with van der Waals surface area (Å²) in [4.78, 5) is 4.31. The number of nitrogens with one attached hydrogen (secondary N) is 2. The zero-order valence-electron chi connectivity index (χ0n) is 14.5. The number of rotatable bonds is 6. The van der Waals surface area contributed by atoms with Gasteiger partial charge in [0.1, 0.15) is 16.5 Å². The standard InChI is InChI=1S/C17H23N3O3S/c1-11(2)19-17-7-6-14(10-18-17)20-24(21,22)16-9-13(4)12(3)8-15(16)23-5/h6-11,20H,1-5H3,(H,18,19). The number of pyridine rings is 1. The number of hydrogen-bond donors (Lipinski definition) is 2. The topological polar surface area (TPSA) is 80.3 Å². The molecule has 7 heteroatoms. The van der Waals surface area contributed by atoms with Gasteiger partial charge in [-0.1, -0.05) is 0 Å². The van der Waals surface area contributed by atoms with Crippen molar-refractivity contribution in [1.29, 1.82) is 0 Å². The van der Waals surface area contributed by atoms with E-state index in [1.165, 1.54) is 13.3 Å². The summed E-state index contributed by atoms with van der Waals surface area (Å²) in [5.74, 6) is 1.01. The number of aryl methyl sites for hydroxylation is 2. The lowest BCUT2D eigenvalue weighted by atomic mass is 10.1. The van der Waals surface area contributed by atoms with Crippen molar-refractivity contribution in [2.75, 3.05) is 17.1 Å². The van der Waals surface area contributed by atoms with Crippen LogP contribution in [0.25, 0.3) is 0 Å². The van der Waals surface area contributed by atoms with Gasteiger partial charge in [-0.3, -0.25) is 4.72 Å². The molecule has 0 aliphatic heterocycles. The van der Waals surface area contributed by atoms with Gasteiger partial charge in [-0.15, -0.1) is 0 Å². The molecule has 1 aromatic heterocycles. The average Bonchev–Trinajstić information content (AvgIpc) is 2.50. The number of aromatic nitrogens is 1. The van der Waals surface area contributed by atoms with Crippen molar-refractivity contribution in [1.82, 2.24) is 4.98 Å². The smallest absolute Gasteiger partial charge is 0.265 e. The van der Waals surface area contributed by atoms with Crippen molar-refractivity contribution < 1.29 is 13.2 Å². The van der Waals surface area contributed by atoms with Crippen LogP contribution in [0.2, 0.25) is 0 Å². The Kier molecular flexibility index (Phi) is 5.33. The molecule has 0 unspecified atom stereocenters. The van der Waals surface area contributed by atoms with Gasteiger partial charge in [0, 0.05) is 6.04 Å². The molecule has 0 saturated carbocycles. The van der Waals surface area contributed by atoms with Crippen LogP contribution >= 0.6 is 0 Å². The number of nitrogens with zero attached hydrogens (tertiary/aromatic N) is 1. The zero-order valence-corrected chi connectivity index (χ0v) is 15.4. The summed E-state index contributed by atoms with van der Waals surface area (Å²) >= 11 is 0. The van der Waals surface area contributed by atoms with Crippen LogP contribution in [0.1, 0.15) is 25.0 Å². The van der Waals surface area contributed by atoms with Crippen LogP contribution in [-0.4, -0.2) is 26.6 Å². The molecule has 24 heavy (non-hydrogen) atoms. The van der Waals surface area contributed by atoms with Gasteiger partial charge >= 0.3 is 0 Å². The maximum Gasteiger partial charge on any atom is 0.265 e. The van der Waals surface area contributed by atoms with Crippen LogP contribution in [0.15, 0.2) is 35.4 Å². The Bertz CT molecular complexity index is 816. The molecule has 2 N–H and O–H groups in total. The van der Waals surface area contributed by atoms with E-state index in [1.54, 1.807) is 24.3 Å². The third-order valence-electron chi connectivity index (χ3n) is 3.52. The first kappa shape index (κ1) is 18.1. The maximum absolute atomic E-state index is 12.7. The number of anilines is 2. The third-order valence-corrected chi connectivity index (χ3v) is 4.92. The molecule has 0 saturated heterocycles. The van der Waals surface area contributed by atoms with Crippen LogP contribution in [0.5, 0.6) is 5.75 Å². The van der Waals surface area contributed by atoms with Crippen LogP contribution in [0, 0.1) is 13.8 Å². The molecule has 0 radical (unpaired) electrons. The number of sulfonamides is 1. The number of ether oxygens (including phenoxy) is 1. The van der Waals surface area contributed by atoms with Gasteiger partial charge in [0.05, 0.1) is 19.0 Å². The second-order valence-corrected chi connectivity index (χ2v) is 7.57. The monoisotopic (exact) mass is 349 g/mol. The fourth-order valence-electron chi connectivity index (χ4n) is 2.18. The van der Waals surface area contributed by atoms with Crippen molar-refractivity contribution in [3.63, 3.8) is 0 Å². The first-order chi connectivity index (χ1) is 11.2. The molecule has 130 valence electrons. The van der Waals surface area contributed by atoms with E-state index >= 15 is 0 Å². The summed E-state index contributed by atoms with van der Waals surface area (Å²) in [6.07, 6.45) is 1.48.